The number of hydrogen-bond donors (Lipinski definition) is 2. The Morgan fingerprint density at radius 3 is 2.59 bits per heavy atom. The molecule has 100 valence electrons. The second-order valence-electron chi connectivity index (χ2n) is 5.10. The predicted octanol–water partition coefficient (Wildman–Crippen LogP) is -0.0877. The summed E-state index contributed by atoms with van der Waals surface area (Å²) in [6, 6.07) is 0. The fourth-order valence-electron chi connectivity index (χ4n) is 1.88. The highest BCUT2D eigenvalue weighted by Crippen LogP contribution is 2.21. The van der Waals surface area contributed by atoms with Crippen molar-refractivity contribution in [3.8, 4) is 0 Å². The van der Waals surface area contributed by atoms with Gasteiger partial charge in [-0.05, 0) is 25.7 Å². The largest absolute Gasteiger partial charge is 0.355 e. The van der Waals surface area contributed by atoms with Crippen LogP contribution in [0.3, 0.4) is 0 Å². The Morgan fingerprint density at radius 2 is 2.18 bits per heavy atom. The van der Waals surface area contributed by atoms with Gasteiger partial charge in [0.1, 0.15) is 0 Å². The molecule has 6 heteroatoms. The first-order chi connectivity index (χ1) is 7.83. The van der Waals surface area contributed by atoms with Gasteiger partial charge in [0, 0.05) is 13.1 Å². The summed E-state index contributed by atoms with van der Waals surface area (Å²) in [5, 5.41) is 2.82. The van der Waals surface area contributed by atoms with Gasteiger partial charge in [0.2, 0.25) is 5.91 Å². The van der Waals surface area contributed by atoms with Crippen molar-refractivity contribution in [2.75, 3.05) is 24.6 Å². The maximum atomic E-state index is 11.9. The van der Waals surface area contributed by atoms with Crippen LogP contribution in [0.5, 0.6) is 0 Å². The number of carbonyl (C=O) groups is 1. The van der Waals surface area contributed by atoms with Gasteiger partial charge in [-0.15, -0.1) is 0 Å². The summed E-state index contributed by atoms with van der Waals surface area (Å²) in [7, 11) is -2.87. The van der Waals surface area contributed by atoms with Crippen molar-refractivity contribution in [1.82, 2.24) is 5.32 Å². The van der Waals surface area contributed by atoms with Crippen LogP contribution in [0.2, 0.25) is 0 Å². The summed E-state index contributed by atoms with van der Waals surface area (Å²) < 4.78 is 22.5. The van der Waals surface area contributed by atoms with E-state index in [1.807, 2.05) is 13.8 Å². The number of nitrogens with one attached hydrogen (secondary N) is 1. The SMILES string of the molecule is CCC(C)(CN)C(=O)NCC1CCS(=O)(=O)C1. The summed E-state index contributed by atoms with van der Waals surface area (Å²) in [6.45, 7) is 4.49. The lowest BCUT2D eigenvalue weighted by atomic mass is 9.86. The second kappa shape index (κ2) is 5.35. The van der Waals surface area contributed by atoms with Gasteiger partial charge in [-0.3, -0.25) is 4.79 Å². The van der Waals surface area contributed by atoms with Gasteiger partial charge < -0.3 is 11.1 Å². The standard InChI is InChI=1S/C11H22N2O3S/c1-3-11(2,8-12)10(14)13-6-9-4-5-17(15,16)7-9/h9H,3-8,12H2,1-2H3,(H,13,14). The number of rotatable bonds is 5. The molecule has 1 amide bonds. The Labute approximate surface area is 103 Å². The minimum atomic E-state index is -2.87. The first kappa shape index (κ1) is 14.4. The van der Waals surface area contributed by atoms with Gasteiger partial charge in [-0.1, -0.05) is 6.92 Å². The van der Waals surface area contributed by atoms with E-state index < -0.39 is 15.3 Å². The van der Waals surface area contributed by atoms with E-state index in [1.54, 1.807) is 0 Å². The molecule has 3 N–H and O–H groups in total. The van der Waals surface area contributed by atoms with E-state index in [4.69, 9.17) is 5.73 Å². The second-order valence-corrected chi connectivity index (χ2v) is 7.33. The normalized spacial score (nSPS) is 26.4. The molecule has 5 nitrogen and oxygen atoms in total. The highest BCUT2D eigenvalue weighted by Gasteiger charge is 2.32. The van der Waals surface area contributed by atoms with E-state index in [1.165, 1.54) is 0 Å². The zero-order valence-electron chi connectivity index (χ0n) is 10.5. The Hall–Kier alpha value is -0.620. The van der Waals surface area contributed by atoms with Crippen LogP contribution in [0.4, 0.5) is 0 Å². The van der Waals surface area contributed by atoms with Crippen LogP contribution >= 0.6 is 0 Å². The summed E-state index contributed by atoms with van der Waals surface area (Å²) in [6.07, 6.45) is 1.33. The Morgan fingerprint density at radius 1 is 1.53 bits per heavy atom. The number of sulfone groups is 1. The first-order valence-corrected chi connectivity index (χ1v) is 7.84. The lowest BCUT2D eigenvalue weighted by Gasteiger charge is -2.25. The van der Waals surface area contributed by atoms with E-state index in [0.717, 1.165) is 0 Å². The molecule has 1 aliphatic heterocycles. The molecular weight excluding hydrogens is 240 g/mol. The molecule has 0 spiro atoms. The highest BCUT2D eigenvalue weighted by atomic mass is 32.2. The maximum Gasteiger partial charge on any atom is 0.227 e. The minimum Gasteiger partial charge on any atom is -0.355 e. The molecule has 0 radical (unpaired) electrons. The monoisotopic (exact) mass is 262 g/mol. The van der Waals surface area contributed by atoms with Crippen LogP contribution in [-0.2, 0) is 14.6 Å². The van der Waals surface area contributed by atoms with Crippen LogP contribution < -0.4 is 11.1 Å². The first-order valence-electron chi connectivity index (χ1n) is 6.02. The molecule has 2 unspecified atom stereocenters. The molecule has 0 aliphatic carbocycles. The molecule has 17 heavy (non-hydrogen) atoms. The molecule has 0 bridgehead atoms. The van der Waals surface area contributed by atoms with Gasteiger partial charge in [-0.2, -0.15) is 0 Å². The third kappa shape index (κ3) is 3.67. The summed E-state index contributed by atoms with van der Waals surface area (Å²) in [5.41, 5.74) is 5.04. The van der Waals surface area contributed by atoms with Crippen molar-refractivity contribution in [2.45, 2.75) is 26.7 Å². The van der Waals surface area contributed by atoms with E-state index in [0.29, 0.717) is 25.9 Å². The molecule has 1 fully saturated rings. The van der Waals surface area contributed by atoms with Crippen LogP contribution in [0.15, 0.2) is 0 Å². The molecule has 0 aromatic carbocycles. The lowest BCUT2D eigenvalue weighted by Crippen LogP contribution is -2.45. The Kier molecular flexibility index (Phi) is 4.55. The quantitative estimate of drug-likeness (QED) is 0.725. The topological polar surface area (TPSA) is 89.3 Å². The Bertz CT molecular complexity index is 374. The summed E-state index contributed by atoms with van der Waals surface area (Å²) >= 11 is 0. The summed E-state index contributed by atoms with van der Waals surface area (Å²) in [5.74, 6) is 0.420. The van der Waals surface area contributed by atoms with Gasteiger partial charge >= 0.3 is 0 Å². The van der Waals surface area contributed by atoms with Crippen molar-refractivity contribution in [3.05, 3.63) is 0 Å². The van der Waals surface area contributed by atoms with Crippen molar-refractivity contribution in [3.63, 3.8) is 0 Å². The van der Waals surface area contributed by atoms with Crippen LogP contribution in [-0.4, -0.2) is 38.9 Å². The number of amides is 1. The molecule has 0 aromatic heterocycles. The van der Waals surface area contributed by atoms with Gasteiger partial charge in [0.15, 0.2) is 9.84 Å². The lowest BCUT2D eigenvalue weighted by molar-refractivity contribution is -0.130. The third-order valence-corrected chi connectivity index (χ3v) is 5.49. The highest BCUT2D eigenvalue weighted by molar-refractivity contribution is 7.91. The van der Waals surface area contributed by atoms with Crippen molar-refractivity contribution >= 4 is 15.7 Å². The maximum absolute atomic E-state index is 11.9. The number of carbonyl (C=O) groups excluding carboxylic acids is 1. The van der Waals surface area contributed by atoms with Crippen molar-refractivity contribution in [1.29, 1.82) is 0 Å². The van der Waals surface area contributed by atoms with Crippen LogP contribution in [0.1, 0.15) is 26.7 Å². The molecular formula is C11H22N2O3S. The molecule has 1 saturated heterocycles. The molecule has 1 rings (SSSR count). The molecule has 2 atom stereocenters. The van der Waals surface area contributed by atoms with Crippen molar-refractivity contribution < 1.29 is 13.2 Å². The number of nitrogens with two attached hydrogens (primary N) is 1. The smallest absolute Gasteiger partial charge is 0.227 e. The summed E-state index contributed by atoms with van der Waals surface area (Å²) in [4.78, 5) is 11.9. The predicted molar refractivity (Wildman–Crippen MR) is 67.2 cm³/mol. The fraction of sp³-hybridized carbons (Fsp3) is 0.909. The van der Waals surface area contributed by atoms with Crippen LogP contribution in [0.25, 0.3) is 0 Å². The Balaban J connectivity index is 2.44. The average molecular weight is 262 g/mol. The van der Waals surface area contributed by atoms with Gasteiger partial charge in [0.05, 0.1) is 16.9 Å². The molecule has 1 aliphatic rings. The molecule has 0 aromatic rings. The van der Waals surface area contributed by atoms with E-state index in [9.17, 15) is 13.2 Å². The van der Waals surface area contributed by atoms with Crippen molar-refractivity contribution in [2.24, 2.45) is 17.1 Å². The minimum absolute atomic E-state index is 0.0582. The van der Waals surface area contributed by atoms with Gasteiger partial charge in [-0.25, -0.2) is 8.42 Å². The van der Waals surface area contributed by atoms with E-state index in [2.05, 4.69) is 5.32 Å². The zero-order valence-corrected chi connectivity index (χ0v) is 11.3. The fourth-order valence-corrected chi connectivity index (χ4v) is 3.74. The molecule has 1 heterocycles. The van der Waals surface area contributed by atoms with Crippen LogP contribution in [0, 0.1) is 11.3 Å². The zero-order chi connectivity index (χ0) is 13.1. The average Bonchev–Trinajstić information content (AvgIpc) is 2.64. The van der Waals surface area contributed by atoms with E-state index >= 15 is 0 Å². The van der Waals surface area contributed by atoms with E-state index in [-0.39, 0.29) is 23.3 Å². The number of hydrogen-bond acceptors (Lipinski definition) is 4. The third-order valence-electron chi connectivity index (χ3n) is 3.66. The molecule has 0 saturated carbocycles. The van der Waals surface area contributed by atoms with Gasteiger partial charge in [0.25, 0.3) is 0 Å².